The molecular weight excluding hydrogens is 224 g/mol. The summed E-state index contributed by atoms with van der Waals surface area (Å²) in [5.41, 5.74) is 8.64. The van der Waals surface area contributed by atoms with Crippen LogP contribution in [0.25, 0.3) is 22.6 Å². The summed E-state index contributed by atoms with van der Waals surface area (Å²) in [5, 5.41) is 0. The zero-order chi connectivity index (χ0) is 12.4. The molecule has 0 fully saturated rings. The van der Waals surface area contributed by atoms with E-state index in [1.165, 1.54) is 0 Å². The summed E-state index contributed by atoms with van der Waals surface area (Å²) < 4.78 is 2.12. The highest BCUT2D eigenvalue weighted by Gasteiger charge is 2.11. The maximum atomic E-state index is 5.69. The lowest BCUT2D eigenvalue weighted by Crippen LogP contribution is -2.11. The van der Waals surface area contributed by atoms with Crippen molar-refractivity contribution >= 4 is 11.0 Å². The second-order valence-corrected chi connectivity index (χ2v) is 4.08. The Hall–Kier alpha value is -2.20. The zero-order valence-corrected chi connectivity index (χ0v) is 9.95. The van der Waals surface area contributed by atoms with Crippen LogP contribution >= 0.6 is 0 Å². The molecule has 3 aromatic rings. The van der Waals surface area contributed by atoms with E-state index in [0.29, 0.717) is 6.54 Å². The van der Waals surface area contributed by atoms with Gasteiger partial charge in [0.25, 0.3) is 0 Å². The van der Waals surface area contributed by atoms with Crippen molar-refractivity contribution in [1.29, 1.82) is 0 Å². The number of aromatic nitrogens is 3. The van der Waals surface area contributed by atoms with E-state index in [0.717, 1.165) is 29.1 Å². The van der Waals surface area contributed by atoms with E-state index in [2.05, 4.69) is 20.6 Å². The molecule has 0 unspecified atom stereocenters. The van der Waals surface area contributed by atoms with Gasteiger partial charge < -0.3 is 10.3 Å². The molecule has 0 bridgehead atoms. The number of pyridine rings is 1. The van der Waals surface area contributed by atoms with E-state index in [-0.39, 0.29) is 0 Å². The number of hydrogen-bond donors (Lipinski definition) is 1. The topological polar surface area (TPSA) is 56.7 Å². The fourth-order valence-electron chi connectivity index (χ4n) is 2.12. The van der Waals surface area contributed by atoms with Crippen LogP contribution in [0.1, 0.15) is 0 Å². The van der Waals surface area contributed by atoms with Gasteiger partial charge in [-0.05, 0) is 24.3 Å². The molecule has 90 valence electrons. The first-order valence-electron chi connectivity index (χ1n) is 5.97. The van der Waals surface area contributed by atoms with Gasteiger partial charge in [0.05, 0.1) is 11.0 Å². The molecule has 2 N–H and O–H groups in total. The van der Waals surface area contributed by atoms with E-state index >= 15 is 0 Å². The van der Waals surface area contributed by atoms with Crippen molar-refractivity contribution < 1.29 is 0 Å². The fourth-order valence-corrected chi connectivity index (χ4v) is 2.12. The summed E-state index contributed by atoms with van der Waals surface area (Å²) >= 11 is 0. The molecule has 4 nitrogen and oxygen atoms in total. The Balaban J connectivity index is 2.25. The van der Waals surface area contributed by atoms with Gasteiger partial charge in [0.1, 0.15) is 5.69 Å². The van der Waals surface area contributed by atoms with Crippen LogP contribution in [0.5, 0.6) is 0 Å². The number of imidazole rings is 1. The van der Waals surface area contributed by atoms with E-state index < -0.39 is 0 Å². The first kappa shape index (κ1) is 10.9. The third-order valence-corrected chi connectivity index (χ3v) is 2.90. The lowest BCUT2D eigenvalue weighted by Gasteiger charge is -2.06. The number of rotatable bonds is 3. The Morgan fingerprint density at radius 2 is 1.89 bits per heavy atom. The number of benzene rings is 1. The van der Waals surface area contributed by atoms with Crippen LogP contribution in [-0.4, -0.2) is 21.1 Å². The van der Waals surface area contributed by atoms with Crippen molar-refractivity contribution in [3.8, 4) is 11.5 Å². The minimum atomic E-state index is 0.584. The molecule has 0 amide bonds. The number of fused-ring (bicyclic) bond motifs is 1. The lowest BCUT2D eigenvalue weighted by molar-refractivity contribution is 0.733. The first-order chi connectivity index (χ1) is 8.90. The molecular formula is C14H14N4. The molecule has 2 heterocycles. The molecule has 0 aliphatic carbocycles. The fraction of sp³-hybridized carbons (Fsp3) is 0.143. The lowest BCUT2D eigenvalue weighted by atomic mass is 10.3. The van der Waals surface area contributed by atoms with Crippen molar-refractivity contribution in [3.63, 3.8) is 0 Å². The molecule has 2 aromatic heterocycles. The van der Waals surface area contributed by atoms with E-state index in [4.69, 9.17) is 5.73 Å². The number of nitrogens with two attached hydrogens (primary N) is 1. The number of nitrogens with zero attached hydrogens (tertiary/aromatic N) is 3. The van der Waals surface area contributed by atoms with E-state index in [1.54, 1.807) is 6.20 Å². The third kappa shape index (κ3) is 1.76. The Bertz CT molecular complexity index is 658. The predicted molar refractivity (Wildman–Crippen MR) is 72.0 cm³/mol. The van der Waals surface area contributed by atoms with Crippen molar-refractivity contribution in [2.75, 3.05) is 6.54 Å². The van der Waals surface area contributed by atoms with Gasteiger partial charge in [-0.1, -0.05) is 18.2 Å². The number of hydrogen-bond acceptors (Lipinski definition) is 3. The van der Waals surface area contributed by atoms with Crippen LogP contribution in [0.2, 0.25) is 0 Å². The highest BCUT2D eigenvalue weighted by Crippen LogP contribution is 2.22. The molecule has 4 heteroatoms. The smallest absolute Gasteiger partial charge is 0.159 e. The van der Waals surface area contributed by atoms with Crippen LogP contribution in [0.4, 0.5) is 0 Å². The molecule has 0 aliphatic heterocycles. The van der Waals surface area contributed by atoms with Crippen LogP contribution in [0.15, 0.2) is 48.7 Å². The minimum Gasteiger partial charge on any atom is -0.329 e. The van der Waals surface area contributed by atoms with Gasteiger partial charge >= 0.3 is 0 Å². The highest BCUT2D eigenvalue weighted by atomic mass is 15.1. The van der Waals surface area contributed by atoms with Gasteiger partial charge in [-0.15, -0.1) is 0 Å². The summed E-state index contributed by atoms with van der Waals surface area (Å²) in [5.74, 6) is 0.877. The second kappa shape index (κ2) is 4.58. The summed E-state index contributed by atoms with van der Waals surface area (Å²) in [6.45, 7) is 1.33. The van der Waals surface area contributed by atoms with Gasteiger partial charge in [0, 0.05) is 19.3 Å². The quantitative estimate of drug-likeness (QED) is 0.759. The van der Waals surface area contributed by atoms with Gasteiger partial charge in [-0.3, -0.25) is 4.98 Å². The summed E-state index contributed by atoms with van der Waals surface area (Å²) in [7, 11) is 0. The molecule has 3 rings (SSSR count). The predicted octanol–water partition coefficient (Wildman–Crippen LogP) is 2.06. The first-order valence-corrected chi connectivity index (χ1v) is 5.97. The monoisotopic (exact) mass is 238 g/mol. The van der Waals surface area contributed by atoms with Crippen molar-refractivity contribution in [1.82, 2.24) is 14.5 Å². The number of para-hydroxylation sites is 2. The van der Waals surface area contributed by atoms with Crippen molar-refractivity contribution in [3.05, 3.63) is 48.7 Å². The molecule has 1 aromatic carbocycles. The van der Waals surface area contributed by atoms with Gasteiger partial charge in [-0.25, -0.2) is 4.98 Å². The van der Waals surface area contributed by atoms with Crippen molar-refractivity contribution in [2.45, 2.75) is 6.54 Å². The van der Waals surface area contributed by atoms with E-state index in [1.807, 2.05) is 36.4 Å². The Labute approximate surface area is 105 Å². The maximum absolute atomic E-state index is 5.69. The van der Waals surface area contributed by atoms with Gasteiger partial charge in [0.15, 0.2) is 5.82 Å². The maximum Gasteiger partial charge on any atom is 0.159 e. The molecule has 0 saturated heterocycles. The molecule has 18 heavy (non-hydrogen) atoms. The largest absolute Gasteiger partial charge is 0.329 e. The van der Waals surface area contributed by atoms with E-state index in [9.17, 15) is 0 Å². The highest BCUT2D eigenvalue weighted by molar-refractivity contribution is 5.79. The average Bonchev–Trinajstić information content (AvgIpc) is 2.80. The summed E-state index contributed by atoms with van der Waals surface area (Å²) in [4.78, 5) is 9.01. The standard InChI is InChI=1S/C14H14N4/c15-8-10-18-13-7-2-1-5-11(13)17-14(18)12-6-3-4-9-16-12/h1-7,9H,8,10,15H2. The summed E-state index contributed by atoms with van der Waals surface area (Å²) in [6.07, 6.45) is 1.78. The van der Waals surface area contributed by atoms with Crippen LogP contribution in [-0.2, 0) is 6.54 Å². The Morgan fingerprint density at radius 3 is 2.67 bits per heavy atom. The average molecular weight is 238 g/mol. The third-order valence-electron chi connectivity index (χ3n) is 2.90. The molecule has 0 aliphatic rings. The van der Waals surface area contributed by atoms with Gasteiger partial charge in [-0.2, -0.15) is 0 Å². The van der Waals surface area contributed by atoms with Crippen LogP contribution in [0, 0.1) is 0 Å². The second-order valence-electron chi connectivity index (χ2n) is 4.08. The Morgan fingerprint density at radius 1 is 1.06 bits per heavy atom. The molecule has 0 spiro atoms. The Kier molecular flexibility index (Phi) is 2.78. The van der Waals surface area contributed by atoms with Gasteiger partial charge in [0.2, 0.25) is 0 Å². The minimum absolute atomic E-state index is 0.584. The molecule has 0 atom stereocenters. The summed E-state index contributed by atoms with van der Waals surface area (Å²) in [6, 6.07) is 13.9. The molecule has 0 radical (unpaired) electrons. The zero-order valence-electron chi connectivity index (χ0n) is 9.95. The molecule has 0 saturated carbocycles. The van der Waals surface area contributed by atoms with Crippen molar-refractivity contribution in [2.24, 2.45) is 5.73 Å². The van der Waals surface area contributed by atoms with Crippen LogP contribution < -0.4 is 5.73 Å². The SMILES string of the molecule is NCCn1c(-c2ccccn2)nc2ccccc21. The van der Waals surface area contributed by atoms with Crippen LogP contribution in [0.3, 0.4) is 0 Å². The normalized spacial score (nSPS) is 10.9.